The minimum Gasteiger partial charge on any atom is -0.507 e. The molecule has 0 aromatic heterocycles. The van der Waals surface area contributed by atoms with Gasteiger partial charge in [0.05, 0.1) is 5.69 Å². The fourth-order valence-electron chi connectivity index (χ4n) is 3.57. The average Bonchev–Trinajstić information content (AvgIpc) is 2.69. The summed E-state index contributed by atoms with van der Waals surface area (Å²) < 4.78 is 5.81. The lowest BCUT2D eigenvalue weighted by atomic mass is 10.0. The van der Waals surface area contributed by atoms with Gasteiger partial charge in [0.15, 0.2) is 5.60 Å². The predicted octanol–water partition coefficient (Wildman–Crippen LogP) is 4.08. The number of phenolic OH excluding ortho intramolecular Hbond substituents is 1. The Morgan fingerprint density at radius 3 is 2.59 bits per heavy atom. The number of fused-ring (bicyclic) bond motifs is 2. The lowest BCUT2D eigenvalue weighted by Gasteiger charge is -2.38. The van der Waals surface area contributed by atoms with Crippen LogP contribution in [0.2, 0.25) is 0 Å². The maximum Gasteiger partial charge on any atom is 0.270 e. The Hall–Kier alpha value is -3.54. The van der Waals surface area contributed by atoms with Crippen molar-refractivity contribution in [3.05, 3.63) is 60.7 Å². The first-order valence-electron chi connectivity index (χ1n) is 9.47. The topological polar surface area (TPSA) is 78.9 Å². The molecule has 0 radical (unpaired) electrons. The van der Waals surface area contributed by atoms with Crippen LogP contribution in [0.3, 0.4) is 0 Å². The van der Waals surface area contributed by atoms with Gasteiger partial charge in [0.2, 0.25) is 5.91 Å². The van der Waals surface area contributed by atoms with E-state index in [9.17, 15) is 14.7 Å². The number of rotatable bonds is 4. The van der Waals surface area contributed by atoms with Crippen molar-refractivity contribution in [2.24, 2.45) is 0 Å². The maximum atomic E-state index is 12.8. The first-order chi connectivity index (χ1) is 13.9. The molecule has 0 bridgehead atoms. The third-order valence-electron chi connectivity index (χ3n) is 5.02. The standard InChI is InChI=1S/C23H22N2O4/c1-23(2)22(28)25(18-10-3-4-12-20(18)29-23)14-13-21(27)24-17-9-5-8-16-15(17)7-6-11-19(16)26/h3-12,26H,13-14H2,1-2H3,(H,24,27). The van der Waals surface area contributed by atoms with Gasteiger partial charge in [-0.15, -0.1) is 0 Å². The van der Waals surface area contributed by atoms with E-state index in [1.54, 1.807) is 49.1 Å². The van der Waals surface area contributed by atoms with Gasteiger partial charge in [0.1, 0.15) is 11.5 Å². The van der Waals surface area contributed by atoms with E-state index in [4.69, 9.17) is 4.74 Å². The number of carbonyl (C=O) groups is 2. The fraction of sp³-hybridized carbons (Fsp3) is 0.217. The molecule has 0 saturated heterocycles. The number of aromatic hydroxyl groups is 1. The molecule has 6 heteroatoms. The molecular weight excluding hydrogens is 368 g/mol. The highest BCUT2D eigenvalue weighted by molar-refractivity contribution is 6.05. The Labute approximate surface area is 168 Å². The molecule has 0 spiro atoms. The van der Waals surface area contributed by atoms with Crippen molar-refractivity contribution in [3.8, 4) is 11.5 Å². The second-order valence-electron chi connectivity index (χ2n) is 7.51. The van der Waals surface area contributed by atoms with E-state index in [-0.39, 0.29) is 30.5 Å². The molecule has 0 atom stereocenters. The number of anilines is 2. The van der Waals surface area contributed by atoms with Crippen LogP contribution in [0.5, 0.6) is 11.5 Å². The Balaban J connectivity index is 1.52. The van der Waals surface area contributed by atoms with Gasteiger partial charge in [-0.2, -0.15) is 0 Å². The second kappa shape index (κ2) is 7.13. The summed E-state index contributed by atoms with van der Waals surface area (Å²) in [6.45, 7) is 3.69. The molecule has 29 heavy (non-hydrogen) atoms. The molecule has 2 amide bonds. The number of benzene rings is 3. The predicted molar refractivity (Wildman–Crippen MR) is 112 cm³/mol. The number of para-hydroxylation sites is 2. The Kier molecular flexibility index (Phi) is 4.62. The number of phenols is 1. The van der Waals surface area contributed by atoms with Crippen molar-refractivity contribution in [2.45, 2.75) is 25.9 Å². The number of hydrogen-bond acceptors (Lipinski definition) is 4. The van der Waals surface area contributed by atoms with Gasteiger partial charge in [-0.05, 0) is 38.1 Å². The summed E-state index contributed by atoms with van der Waals surface area (Å²) in [6, 6.07) is 17.9. The van der Waals surface area contributed by atoms with Crippen LogP contribution in [0.25, 0.3) is 10.8 Å². The van der Waals surface area contributed by atoms with Crippen LogP contribution >= 0.6 is 0 Å². The molecule has 1 aliphatic rings. The highest BCUT2D eigenvalue weighted by Gasteiger charge is 2.40. The van der Waals surface area contributed by atoms with Gasteiger partial charge in [-0.1, -0.05) is 36.4 Å². The molecule has 1 aliphatic heterocycles. The summed E-state index contributed by atoms with van der Waals surface area (Å²) >= 11 is 0. The van der Waals surface area contributed by atoms with E-state index in [1.807, 2.05) is 30.3 Å². The largest absolute Gasteiger partial charge is 0.507 e. The number of nitrogens with one attached hydrogen (secondary N) is 1. The molecular formula is C23H22N2O4. The number of nitrogens with zero attached hydrogens (tertiary/aromatic N) is 1. The number of amides is 2. The van der Waals surface area contributed by atoms with E-state index in [0.717, 1.165) is 5.39 Å². The van der Waals surface area contributed by atoms with E-state index < -0.39 is 5.60 Å². The smallest absolute Gasteiger partial charge is 0.270 e. The van der Waals surface area contributed by atoms with Gasteiger partial charge in [-0.3, -0.25) is 9.59 Å². The maximum absolute atomic E-state index is 12.8. The van der Waals surface area contributed by atoms with Crippen molar-refractivity contribution in [1.82, 2.24) is 0 Å². The van der Waals surface area contributed by atoms with Gasteiger partial charge in [0, 0.05) is 29.4 Å². The van der Waals surface area contributed by atoms with Crippen molar-refractivity contribution in [3.63, 3.8) is 0 Å². The molecule has 1 heterocycles. The Morgan fingerprint density at radius 2 is 1.76 bits per heavy atom. The van der Waals surface area contributed by atoms with Crippen LogP contribution in [0.4, 0.5) is 11.4 Å². The van der Waals surface area contributed by atoms with E-state index in [0.29, 0.717) is 22.5 Å². The van der Waals surface area contributed by atoms with Crippen LogP contribution in [-0.4, -0.2) is 29.1 Å². The minimum absolute atomic E-state index is 0.130. The van der Waals surface area contributed by atoms with E-state index in [1.165, 1.54) is 0 Å². The Bertz CT molecular complexity index is 1110. The lowest BCUT2D eigenvalue weighted by molar-refractivity contribution is -0.132. The highest BCUT2D eigenvalue weighted by atomic mass is 16.5. The van der Waals surface area contributed by atoms with Crippen LogP contribution in [0.15, 0.2) is 60.7 Å². The van der Waals surface area contributed by atoms with Crippen molar-refractivity contribution in [1.29, 1.82) is 0 Å². The lowest BCUT2D eigenvalue weighted by Crippen LogP contribution is -2.53. The molecule has 0 fully saturated rings. The van der Waals surface area contributed by atoms with Crippen LogP contribution in [-0.2, 0) is 9.59 Å². The Morgan fingerprint density at radius 1 is 1.03 bits per heavy atom. The molecule has 3 aromatic rings. The monoisotopic (exact) mass is 390 g/mol. The van der Waals surface area contributed by atoms with Crippen LogP contribution in [0.1, 0.15) is 20.3 Å². The zero-order valence-corrected chi connectivity index (χ0v) is 16.3. The molecule has 0 saturated carbocycles. The molecule has 148 valence electrons. The third kappa shape index (κ3) is 3.49. The zero-order valence-electron chi connectivity index (χ0n) is 16.3. The first-order valence-corrected chi connectivity index (χ1v) is 9.47. The molecule has 2 N–H and O–H groups in total. The van der Waals surface area contributed by atoms with Crippen molar-refractivity contribution < 1.29 is 19.4 Å². The SMILES string of the molecule is CC1(C)Oc2ccccc2N(CCC(=O)Nc2cccc3c(O)cccc23)C1=O. The van der Waals surface area contributed by atoms with Gasteiger partial charge in [-0.25, -0.2) is 0 Å². The second-order valence-corrected chi connectivity index (χ2v) is 7.51. The normalized spacial score (nSPS) is 15.0. The van der Waals surface area contributed by atoms with Crippen molar-refractivity contribution >= 4 is 34.0 Å². The van der Waals surface area contributed by atoms with Crippen LogP contribution < -0.4 is 15.0 Å². The summed E-state index contributed by atoms with van der Waals surface area (Å²) in [7, 11) is 0. The fourth-order valence-corrected chi connectivity index (χ4v) is 3.57. The number of ether oxygens (including phenoxy) is 1. The summed E-state index contributed by atoms with van der Waals surface area (Å²) in [6.07, 6.45) is 0.130. The molecule has 4 rings (SSSR count). The van der Waals surface area contributed by atoms with Crippen molar-refractivity contribution in [2.75, 3.05) is 16.8 Å². The van der Waals surface area contributed by atoms with Gasteiger partial charge < -0.3 is 20.1 Å². The van der Waals surface area contributed by atoms with Crippen LogP contribution in [0, 0.1) is 0 Å². The number of hydrogen-bond donors (Lipinski definition) is 2. The van der Waals surface area contributed by atoms with Gasteiger partial charge in [0.25, 0.3) is 5.91 Å². The summed E-state index contributed by atoms with van der Waals surface area (Å²) in [5.41, 5.74) is 0.301. The molecule has 6 nitrogen and oxygen atoms in total. The quantitative estimate of drug-likeness (QED) is 0.704. The molecule has 0 unspecified atom stereocenters. The third-order valence-corrected chi connectivity index (χ3v) is 5.02. The summed E-state index contributed by atoms with van der Waals surface area (Å²) in [4.78, 5) is 27.1. The van der Waals surface area contributed by atoms with Gasteiger partial charge >= 0.3 is 0 Å². The molecule has 3 aromatic carbocycles. The van der Waals surface area contributed by atoms with E-state index in [2.05, 4.69) is 5.32 Å². The summed E-state index contributed by atoms with van der Waals surface area (Å²) in [5, 5.41) is 14.3. The zero-order chi connectivity index (χ0) is 20.6. The molecule has 0 aliphatic carbocycles. The highest BCUT2D eigenvalue weighted by Crippen LogP contribution is 2.37. The average molecular weight is 390 g/mol. The number of carbonyl (C=O) groups excluding carboxylic acids is 2. The minimum atomic E-state index is -0.988. The van der Waals surface area contributed by atoms with E-state index >= 15 is 0 Å². The summed E-state index contributed by atoms with van der Waals surface area (Å²) in [5.74, 6) is 0.396. The first kappa shape index (κ1) is 18.8.